The van der Waals surface area contributed by atoms with E-state index in [2.05, 4.69) is 27.1 Å². The van der Waals surface area contributed by atoms with Gasteiger partial charge in [0.25, 0.3) is 0 Å². The van der Waals surface area contributed by atoms with Gasteiger partial charge in [-0.1, -0.05) is 41.6 Å². The van der Waals surface area contributed by atoms with E-state index in [1.807, 2.05) is 48.5 Å². The number of hydrogen-bond donors (Lipinski definition) is 0. The second kappa shape index (κ2) is 8.98. The first-order valence-corrected chi connectivity index (χ1v) is 11.3. The van der Waals surface area contributed by atoms with Crippen molar-refractivity contribution >= 4 is 34.7 Å². The predicted octanol–water partition coefficient (Wildman–Crippen LogP) is 6.04. The molecular formula is C21H19ClN4OS2. The quantitative estimate of drug-likeness (QED) is 0.326. The minimum absolute atomic E-state index is 0.718. The highest BCUT2D eigenvalue weighted by molar-refractivity contribution is 7.98. The van der Waals surface area contributed by atoms with E-state index < -0.39 is 0 Å². The van der Waals surface area contributed by atoms with Crippen LogP contribution in [0.15, 0.2) is 59.1 Å². The summed E-state index contributed by atoms with van der Waals surface area (Å²) in [4.78, 5) is 4.74. The Morgan fingerprint density at radius 1 is 1.10 bits per heavy atom. The van der Waals surface area contributed by atoms with Gasteiger partial charge in [0.15, 0.2) is 11.0 Å². The van der Waals surface area contributed by atoms with Crippen molar-refractivity contribution in [1.29, 1.82) is 0 Å². The monoisotopic (exact) mass is 442 g/mol. The van der Waals surface area contributed by atoms with Crippen LogP contribution in [0.3, 0.4) is 0 Å². The third-order valence-corrected chi connectivity index (χ3v) is 6.64. The Bertz CT molecular complexity index is 1110. The molecule has 4 rings (SSSR count). The molecule has 0 N–H and O–H groups in total. The maximum absolute atomic E-state index is 6.29. The Morgan fingerprint density at radius 2 is 1.90 bits per heavy atom. The van der Waals surface area contributed by atoms with Crippen LogP contribution in [-0.4, -0.2) is 26.9 Å². The highest BCUT2D eigenvalue weighted by atomic mass is 35.5. The van der Waals surface area contributed by atoms with Crippen LogP contribution in [0, 0.1) is 0 Å². The molecule has 0 radical (unpaired) electrons. The van der Waals surface area contributed by atoms with Gasteiger partial charge < -0.3 is 9.30 Å². The van der Waals surface area contributed by atoms with Gasteiger partial charge in [-0.05, 0) is 37.3 Å². The molecule has 8 heteroatoms. The number of benzene rings is 2. The Labute approximate surface area is 182 Å². The Balaban J connectivity index is 1.50. The first kappa shape index (κ1) is 19.9. The van der Waals surface area contributed by atoms with Crippen molar-refractivity contribution in [3.05, 3.63) is 64.6 Å². The predicted molar refractivity (Wildman–Crippen MR) is 120 cm³/mol. The maximum Gasteiger partial charge on any atom is 0.191 e. The van der Waals surface area contributed by atoms with E-state index in [1.54, 1.807) is 30.2 Å². The molecule has 2 aromatic carbocycles. The normalized spacial score (nSPS) is 11.0. The lowest BCUT2D eigenvalue weighted by Gasteiger charge is -2.07. The van der Waals surface area contributed by atoms with Crippen molar-refractivity contribution in [3.63, 3.8) is 0 Å². The minimum Gasteiger partial charge on any atom is -0.497 e. The lowest BCUT2D eigenvalue weighted by Crippen LogP contribution is -2.00. The van der Waals surface area contributed by atoms with Crippen molar-refractivity contribution in [1.82, 2.24) is 19.7 Å². The van der Waals surface area contributed by atoms with Gasteiger partial charge in [0.2, 0.25) is 0 Å². The fourth-order valence-electron chi connectivity index (χ4n) is 2.90. The molecule has 2 aromatic heterocycles. The second-order valence-electron chi connectivity index (χ2n) is 6.19. The average molecular weight is 443 g/mol. The zero-order valence-corrected chi connectivity index (χ0v) is 18.4. The summed E-state index contributed by atoms with van der Waals surface area (Å²) in [7, 11) is 1.66. The summed E-state index contributed by atoms with van der Waals surface area (Å²) in [6.07, 6.45) is 0. The van der Waals surface area contributed by atoms with E-state index in [9.17, 15) is 0 Å². The number of ether oxygens (including phenoxy) is 1. The SMILES string of the molecule is CCn1c(SCc2csc(-c3ccccc3Cl)n2)nnc1-c1ccc(OC)cc1. The number of hydrogen-bond acceptors (Lipinski definition) is 6. The van der Waals surface area contributed by atoms with Gasteiger partial charge in [0, 0.05) is 28.8 Å². The van der Waals surface area contributed by atoms with E-state index in [0.717, 1.165) is 55.9 Å². The Morgan fingerprint density at radius 3 is 2.62 bits per heavy atom. The van der Waals surface area contributed by atoms with Crippen LogP contribution in [-0.2, 0) is 12.3 Å². The van der Waals surface area contributed by atoms with E-state index in [1.165, 1.54) is 0 Å². The smallest absolute Gasteiger partial charge is 0.191 e. The Kier molecular flexibility index (Phi) is 6.18. The van der Waals surface area contributed by atoms with Gasteiger partial charge in [0.1, 0.15) is 10.8 Å². The number of halogens is 1. The zero-order chi connectivity index (χ0) is 20.2. The third kappa shape index (κ3) is 4.32. The molecule has 2 heterocycles. The largest absolute Gasteiger partial charge is 0.497 e. The van der Waals surface area contributed by atoms with E-state index >= 15 is 0 Å². The fraction of sp³-hybridized carbons (Fsp3) is 0.190. The van der Waals surface area contributed by atoms with Crippen molar-refractivity contribution in [2.75, 3.05) is 7.11 Å². The summed E-state index contributed by atoms with van der Waals surface area (Å²) in [6, 6.07) is 15.6. The van der Waals surface area contributed by atoms with Crippen molar-refractivity contribution in [2.24, 2.45) is 0 Å². The highest BCUT2D eigenvalue weighted by Crippen LogP contribution is 2.32. The summed E-state index contributed by atoms with van der Waals surface area (Å²) in [5.74, 6) is 2.40. The molecule has 0 aliphatic heterocycles. The molecule has 0 amide bonds. The number of methoxy groups -OCH3 is 1. The van der Waals surface area contributed by atoms with E-state index in [-0.39, 0.29) is 0 Å². The first-order valence-electron chi connectivity index (χ1n) is 9.09. The second-order valence-corrected chi connectivity index (χ2v) is 8.40. The molecule has 148 valence electrons. The summed E-state index contributed by atoms with van der Waals surface area (Å²) in [6.45, 7) is 2.89. The molecule has 0 aliphatic rings. The fourth-order valence-corrected chi connectivity index (χ4v) is 5.04. The van der Waals surface area contributed by atoms with Gasteiger partial charge in [-0.15, -0.1) is 21.5 Å². The van der Waals surface area contributed by atoms with Gasteiger partial charge in [0.05, 0.1) is 17.8 Å². The zero-order valence-electron chi connectivity index (χ0n) is 16.0. The Hall–Kier alpha value is -2.35. The van der Waals surface area contributed by atoms with Crippen molar-refractivity contribution < 1.29 is 4.74 Å². The molecule has 5 nitrogen and oxygen atoms in total. The molecule has 0 fully saturated rings. The van der Waals surface area contributed by atoms with Gasteiger partial charge in [-0.3, -0.25) is 0 Å². The van der Waals surface area contributed by atoms with Crippen LogP contribution in [0.1, 0.15) is 12.6 Å². The molecule has 0 saturated heterocycles. The van der Waals surface area contributed by atoms with Crippen LogP contribution in [0.5, 0.6) is 5.75 Å². The molecule has 0 atom stereocenters. The van der Waals surface area contributed by atoms with E-state index in [0.29, 0.717) is 0 Å². The molecule has 0 spiro atoms. The maximum atomic E-state index is 6.29. The molecule has 0 saturated carbocycles. The third-order valence-electron chi connectivity index (χ3n) is 4.39. The molecular weight excluding hydrogens is 424 g/mol. The van der Waals surface area contributed by atoms with Crippen LogP contribution >= 0.6 is 34.7 Å². The number of nitrogens with zero attached hydrogens (tertiary/aromatic N) is 4. The molecule has 0 bridgehead atoms. The summed E-state index contributed by atoms with van der Waals surface area (Å²) in [5.41, 5.74) is 2.99. The topological polar surface area (TPSA) is 52.8 Å². The van der Waals surface area contributed by atoms with Crippen LogP contribution in [0.4, 0.5) is 0 Å². The van der Waals surface area contributed by atoms with Gasteiger partial charge in [-0.2, -0.15) is 0 Å². The standard InChI is InChI=1S/C21H19ClN4OS2/c1-3-26-19(14-8-10-16(27-2)11-9-14)24-25-21(26)29-13-15-12-28-20(23-15)17-6-4-5-7-18(17)22/h4-12H,3,13H2,1-2H3. The summed E-state index contributed by atoms with van der Waals surface area (Å²) >= 11 is 9.53. The van der Waals surface area contributed by atoms with Crippen molar-refractivity contribution in [2.45, 2.75) is 24.4 Å². The van der Waals surface area contributed by atoms with Crippen LogP contribution < -0.4 is 4.74 Å². The molecule has 29 heavy (non-hydrogen) atoms. The number of thiazole rings is 1. The van der Waals surface area contributed by atoms with Crippen LogP contribution in [0.2, 0.25) is 5.02 Å². The summed E-state index contributed by atoms with van der Waals surface area (Å²) < 4.78 is 7.35. The lowest BCUT2D eigenvalue weighted by molar-refractivity contribution is 0.415. The minimum atomic E-state index is 0.718. The van der Waals surface area contributed by atoms with Gasteiger partial charge >= 0.3 is 0 Å². The molecule has 4 aromatic rings. The highest BCUT2D eigenvalue weighted by Gasteiger charge is 2.15. The number of rotatable bonds is 7. The molecule has 0 aliphatic carbocycles. The van der Waals surface area contributed by atoms with Gasteiger partial charge in [-0.25, -0.2) is 4.98 Å². The lowest BCUT2D eigenvalue weighted by atomic mass is 10.2. The van der Waals surface area contributed by atoms with E-state index in [4.69, 9.17) is 21.3 Å². The average Bonchev–Trinajstić information content (AvgIpc) is 3.39. The number of thioether (sulfide) groups is 1. The molecule has 0 unspecified atom stereocenters. The number of aromatic nitrogens is 4. The van der Waals surface area contributed by atoms with Crippen LogP contribution in [0.25, 0.3) is 22.0 Å². The van der Waals surface area contributed by atoms with Crippen molar-refractivity contribution in [3.8, 4) is 27.7 Å². The first-order chi connectivity index (χ1) is 14.2. The summed E-state index contributed by atoms with van der Waals surface area (Å²) in [5, 5.41) is 13.4.